The summed E-state index contributed by atoms with van der Waals surface area (Å²) in [5.41, 5.74) is 5.81. The van der Waals surface area contributed by atoms with Gasteiger partial charge in [-0.15, -0.1) is 0 Å². The fraction of sp³-hybridized carbons (Fsp3) is 0.533. The van der Waals surface area contributed by atoms with E-state index in [0.29, 0.717) is 42.2 Å². The fourth-order valence-electron chi connectivity index (χ4n) is 5.55. The summed E-state index contributed by atoms with van der Waals surface area (Å²) in [4.78, 5) is 25.0. The smallest absolute Gasteiger partial charge is 0.258 e. The monoisotopic (exact) mass is 532 g/mol. The molecule has 2 saturated heterocycles. The van der Waals surface area contributed by atoms with Gasteiger partial charge < -0.3 is 9.47 Å². The highest BCUT2D eigenvalue weighted by Crippen LogP contribution is 2.30. The predicted molar refractivity (Wildman–Crippen MR) is 152 cm³/mol. The molecule has 6 rings (SSSR count). The molecule has 9 nitrogen and oxygen atoms in total. The first kappa shape index (κ1) is 27.4. The first-order valence-corrected chi connectivity index (χ1v) is 14.2. The molecule has 2 fully saturated rings. The maximum absolute atomic E-state index is 13.2. The van der Waals surface area contributed by atoms with Crippen molar-refractivity contribution in [3.05, 3.63) is 64.0 Å². The molecule has 0 radical (unpaired) electrons. The number of piperidine rings is 1. The van der Waals surface area contributed by atoms with Crippen molar-refractivity contribution in [1.29, 1.82) is 0 Å². The molecule has 208 valence electrons. The summed E-state index contributed by atoms with van der Waals surface area (Å²) >= 11 is 0. The third kappa shape index (κ3) is 5.62. The third-order valence-corrected chi connectivity index (χ3v) is 7.70. The van der Waals surface area contributed by atoms with Crippen LogP contribution in [0.5, 0.6) is 0 Å². The number of pyridine rings is 1. The van der Waals surface area contributed by atoms with Gasteiger partial charge in [-0.25, -0.2) is 9.50 Å². The molecule has 0 N–H and O–H groups in total. The molecule has 0 saturated carbocycles. The summed E-state index contributed by atoms with van der Waals surface area (Å²) in [6, 6.07) is 7.93. The van der Waals surface area contributed by atoms with Crippen LogP contribution in [0.2, 0.25) is 0 Å². The molecule has 0 spiro atoms. The number of aromatic nitrogens is 5. The number of nitrogens with zero attached hydrogens (tertiary/aromatic N) is 6. The van der Waals surface area contributed by atoms with E-state index in [2.05, 4.69) is 28.0 Å². The molecule has 2 aliphatic rings. The normalized spacial score (nSPS) is 18.8. The van der Waals surface area contributed by atoms with E-state index < -0.39 is 5.79 Å². The Kier molecular flexibility index (Phi) is 7.84. The molecule has 39 heavy (non-hydrogen) atoms. The van der Waals surface area contributed by atoms with Gasteiger partial charge in [-0.2, -0.15) is 5.10 Å². The number of hydrogen-bond donors (Lipinski definition) is 0. The van der Waals surface area contributed by atoms with Crippen molar-refractivity contribution in [3.8, 4) is 11.4 Å². The van der Waals surface area contributed by atoms with Crippen molar-refractivity contribution in [1.82, 2.24) is 28.9 Å². The lowest BCUT2D eigenvalue weighted by molar-refractivity contribution is -0.264. The van der Waals surface area contributed by atoms with Gasteiger partial charge in [0, 0.05) is 12.3 Å². The molecule has 6 heterocycles. The van der Waals surface area contributed by atoms with E-state index in [-0.39, 0.29) is 5.56 Å². The van der Waals surface area contributed by atoms with E-state index in [1.807, 2.05) is 63.7 Å². The summed E-state index contributed by atoms with van der Waals surface area (Å²) < 4.78 is 15.2. The molecule has 0 amide bonds. The van der Waals surface area contributed by atoms with Gasteiger partial charge in [-0.05, 0) is 76.7 Å². The van der Waals surface area contributed by atoms with Gasteiger partial charge in [0.25, 0.3) is 5.56 Å². The van der Waals surface area contributed by atoms with E-state index >= 15 is 0 Å². The summed E-state index contributed by atoms with van der Waals surface area (Å²) in [7, 11) is 0. The first-order chi connectivity index (χ1) is 18.8. The lowest BCUT2D eigenvalue weighted by Gasteiger charge is -2.42. The van der Waals surface area contributed by atoms with Crippen molar-refractivity contribution in [2.45, 2.75) is 78.6 Å². The Hall–Kier alpha value is -3.14. The zero-order chi connectivity index (χ0) is 27.7. The number of hydrogen-bond acceptors (Lipinski definition) is 7. The van der Waals surface area contributed by atoms with Crippen LogP contribution in [-0.2, 0) is 15.9 Å². The van der Waals surface area contributed by atoms with Gasteiger partial charge in [-0.3, -0.25) is 19.1 Å². The van der Waals surface area contributed by atoms with Crippen molar-refractivity contribution in [2.24, 2.45) is 0 Å². The summed E-state index contributed by atoms with van der Waals surface area (Å²) in [6.07, 6.45) is 6.77. The van der Waals surface area contributed by atoms with Crippen LogP contribution in [0, 0.1) is 6.92 Å². The first-order valence-electron chi connectivity index (χ1n) is 14.2. The second-order valence-corrected chi connectivity index (χ2v) is 10.7. The van der Waals surface area contributed by atoms with Crippen molar-refractivity contribution >= 4 is 11.2 Å². The lowest BCUT2D eigenvalue weighted by atomic mass is 9.90. The second-order valence-electron chi connectivity index (χ2n) is 10.7. The lowest BCUT2D eigenvalue weighted by Crippen LogP contribution is -2.52. The summed E-state index contributed by atoms with van der Waals surface area (Å²) in [5.74, 6) is -0.0724. The molecule has 0 unspecified atom stereocenters. The molecular formula is C30H40N6O3. The van der Waals surface area contributed by atoms with Crippen LogP contribution >= 0.6 is 0 Å². The maximum Gasteiger partial charge on any atom is 0.258 e. The Labute approximate surface area is 229 Å². The molecule has 4 aromatic rings. The minimum atomic E-state index is -0.485. The highest BCUT2D eigenvalue weighted by atomic mass is 16.7. The molecule has 0 bridgehead atoms. The van der Waals surface area contributed by atoms with Gasteiger partial charge in [0.05, 0.1) is 48.1 Å². The van der Waals surface area contributed by atoms with Crippen LogP contribution in [-0.4, -0.2) is 67.0 Å². The molecule has 0 aliphatic carbocycles. The average Bonchev–Trinajstić information content (AvgIpc) is 3.38. The van der Waals surface area contributed by atoms with Crippen molar-refractivity contribution in [2.75, 3.05) is 26.3 Å². The molecule has 2 aliphatic heterocycles. The van der Waals surface area contributed by atoms with Crippen LogP contribution in [0.4, 0.5) is 0 Å². The topological polar surface area (TPSA) is 86.3 Å². The molecule has 0 atom stereocenters. The van der Waals surface area contributed by atoms with E-state index in [0.717, 1.165) is 49.3 Å². The quantitative estimate of drug-likeness (QED) is 0.379. The third-order valence-electron chi connectivity index (χ3n) is 7.70. The number of ether oxygens (including phenoxy) is 2. The Morgan fingerprint density at radius 3 is 2.41 bits per heavy atom. The summed E-state index contributed by atoms with van der Waals surface area (Å²) in [6.45, 7) is 15.4. The second kappa shape index (κ2) is 11.2. The van der Waals surface area contributed by atoms with Crippen LogP contribution in [0.15, 0.2) is 41.5 Å². The maximum atomic E-state index is 13.2. The Bertz CT molecular complexity index is 1510. The highest BCUT2D eigenvalue weighted by molar-refractivity contribution is 5.66. The van der Waals surface area contributed by atoms with E-state index in [1.165, 1.54) is 5.56 Å². The van der Waals surface area contributed by atoms with Crippen LogP contribution in [0.3, 0.4) is 0 Å². The van der Waals surface area contributed by atoms with Crippen molar-refractivity contribution < 1.29 is 9.47 Å². The molecular weight excluding hydrogens is 492 g/mol. The minimum Gasteiger partial charge on any atom is -0.349 e. The number of fused-ring (bicyclic) bond motifs is 2. The molecule has 9 heteroatoms. The predicted octanol–water partition coefficient (Wildman–Crippen LogP) is 4.63. The standard InChI is InChI=1S/C28H34N6O3.C2H6/c1-5-22-25-12-24(31-34(25)14-18(2)29-22)23-13-27(35)33-15-20(6-7-26(33)30-23)19-8-10-32(11-9-19)21-16-36-28(3,4)37-17-21;1-2/h6-7,12-15,19,21H,5,8-11,16-17H2,1-4H3;1-2H3. The minimum absolute atomic E-state index is 0.0968. The fourth-order valence-corrected chi connectivity index (χ4v) is 5.55. The number of aryl methyl sites for hydroxylation is 2. The summed E-state index contributed by atoms with van der Waals surface area (Å²) in [5, 5.41) is 4.69. The SMILES string of the molecule is CC.CCc1nc(C)cn2nc(-c3cc(=O)n4cc(C5CCN(C6COC(C)(C)OC6)CC5)ccc4n3)cc12. The van der Waals surface area contributed by atoms with E-state index in [9.17, 15) is 4.79 Å². The Morgan fingerprint density at radius 1 is 1.00 bits per heavy atom. The zero-order valence-electron chi connectivity index (χ0n) is 24.0. The molecule has 0 aromatic carbocycles. The highest BCUT2D eigenvalue weighted by Gasteiger charge is 2.33. The Morgan fingerprint density at radius 2 is 1.72 bits per heavy atom. The zero-order valence-corrected chi connectivity index (χ0v) is 24.0. The van der Waals surface area contributed by atoms with Crippen LogP contribution in [0.1, 0.15) is 70.3 Å². The average molecular weight is 533 g/mol. The largest absolute Gasteiger partial charge is 0.349 e. The number of rotatable bonds is 4. The van der Waals surface area contributed by atoms with Crippen LogP contribution < -0.4 is 5.56 Å². The molecule has 4 aromatic heterocycles. The van der Waals surface area contributed by atoms with Gasteiger partial charge in [0.1, 0.15) is 11.3 Å². The van der Waals surface area contributed by atoms with Gasteiger partial charge in [-0.1, -0.05) is 26.8 Å². The van der Waals surface area contributed by atoms with Crippen molar-refractivity contribution in [3.63, 3.8) is 0 Å². The van der Waals surface area contributed by atoms with E-state index in [4.69, 9.17) is 14.5 Å². The van der Waals surface area contributed by atoms with Gasteiger partial charge in [0.2, 0.25) is 0 Å². The van der Waals surface area contributed by atoms with Gasteiger partial charge >= 0.3 is 0 Å². The van der Waals surface area contributed by atoms with Gasteiger partial charge in [0.15, 0.2) is 5.79 Å². The van der Waals surface area contributed by atoms with Crippen LogP contribution in [0.25, 0.3) is 22.6 Å². The number of likely N-dealkylation sites (tertiary alicyclic amines) is 1. The van der Waals surface area contributed by atoms with E-state index in [1.54, 1.807) is 10.5 Å². The Balaban J connectivity index is 0.00000151.